The highest BCUT2D eigenvalue weighted by Crippen LogP contribution is 2.45. The fourth-order valence-corrected chi connectivity index (χ4v) is 14.5. The van der Waals surface area contributed by atoms with E-state index in [-0.39, 0.29) is 25.7 Å². The van der Waals surface area contributed by atoms with Gasteiger partial charge in [0.25, 0.3) is 0 Å². The molecule has 5 atom stereocenters. The third-order valence-corrected chi connectivity index (χ3v) is 21.4. The largest absolute Gasteiger partial charge is 0.472 e. The van der Waals surface area contributed by atoms with Crippen LogP contribution in [-0.2, 0) is 65.4 Å². The molecule has 0 rings (SSSR count). The SMILES string of the molecule is CCCCCCCCCCCCCCCCCCCCC(=O)O[C@H](COC(=O)CCCCCCCCCCCCCCCCC(C)C)COP(=O)(O)OC[C@@H](O)COP(=O)(O)OC[C@@H](COC(=O)CCCCCCCCCCCC(C)C)OC(=O)CCCCCCCCCCCCCCCCC. The van der Waals surface area contributed by atoms with Crippen LogP contribution in [0.5, 0.6) is 0 Å². The van der Waals surface area contributed by atoms with Crippen LogP contribution in [0.15, 0.2) is 0 Å². The van der Waals surface area contributed by atoms with Crippen LogP contribution in [0, 0.1) is 11.8 Å². The van der Waals surface area contributed by atoms with Crippen molar-refractivity contribution in [2.45, 2.75) is 458 Å². The van der Waals surface area contributed by atoms with Gasteiger partial charge in [-0.15, -0.1) is 0 Å². The first-order chi connectivity index (χ1) is 49.4. The minimum absolute atomic E-state index is 0.108. The number of carbonyl (C=O) groups is 4. The second-order valence-corrected chi connectivity index (χ2v) is 33.7. The third kappa shape index (κ3) is 76.3. The zero-order valence-electron chi connectivity index (χ0n) is 66.9. The highest BCUT2D eigenvalue weighted by Gasteiger charge is 2.30. The lowest BCUT2D eigenvalue weighted by Gasteiger charge is -2.21. The molecule has 3 N–H and O–H groups in total. The normalized spacial score (nSPS) is 13.9. The second-order valence-electron chi connectivity index (χ2n) is 30.8. The molecule has 2 unspecified atom stereocenters. The Morgan fingerprint density at radius 3 is 0.667 bits per heavy atom. The summed E-state index contributed by atoms with van der Waals surface area (Å²) in [5.41, 5.74) is 0. The Hall–Kier alpha value is -1.94. The van der Waals surface area contributed by atoms with Crippen LogP contribution in [-0.4, -0.2) is 96.7 Å². The van der Waals surface area contributed by atoms with E-state index in [0.29, 0.717) is 25.7 Å². The van der Waals surface area contributed by atoms with Crippen LogP contribution in [0.2, 0.25) is 0 Å². The fourth-order valence-electron chi connectivity index (χ4n) is 12.9. The van der Waals surface area contributed by atoms with Gasteiger partial charge in [-0.05, 0) is 37.5 Å². The number of carbonyl (C=O) groups excluding carboxylic acids is 4. The van der Waals surface area contributed by atoms with Crippen LogP contribution in [0.1, 0.15) is 440 Å². The van der Waals surface area contributed by atoms with Gasteiger partial charge in [-0.3, -0.25) is 37.3 Å². The summed E-state index contributed by atoms with van der Waals surface area (Å²) < 4.78 is 68.8. The minimum atomic E-state index is -4.96. The van der Waals surface area contributed by atoms with Gasteiger partial charge in [0.1, 0.15) is 19.3 Å². The molecule has 0 heterocycles. The molecule has 0 aromatic heterocycles. The molecule has 102 heavy (non-hydrogen) atoms. The molecule has 0 aliphatic heterocycles. The second kappa shape index (κ2) is 74.5. The summed E-state index contributed by atoms with van der Waals surface area (Å²) in [6.07, 6.45) is 65.1. The fraction of sp³-hybridized carbons (Fsp3) is 0.952. The van der Waals surface area contributed by atoms with Crippen molar-refractivity contribution in [3.8, 4) is 0 Å². The molecule has 0 aromatic rings. The number of phosphoric acid groups is 2. The van der Waals surface area contributed by atoms with Crippen molar-refractivity contribution in [2.75, 3.05) is 39.6 Å². The quantitative estimate of drug-likeness (QED) is 0.0222. The lowest BCUT2D eigenvalue weighted by atomic mass is 10.0. The molecule has 606 valence electrons. The molecule has 0 saturated carbocycles. The average Bonchev–Trinajstić information content (AvgIpc) is 0.913. The van der Waals surface area contributed by atoms with E-state index in [0.717, 1.165) is 102 Å². The van der Waals surface area contributed by atoms with Crippen molar-refractivity contribution in [3.05, 3.63) is 0 Å². The Balaban J connectivity index is 5.26. The van der Waals surface area contributed by atoms with Crippen molar-refractivity contribution < 1.29 is 80.2 Å². The number of hydrogen-bond donors (Lipinski definition) is 3. The molecule has 0 radical (unpaired) electrons. The van der Waals surface area contributed by atoms with Gasteiger partial charge in [0.2, 0.25) is 0 Å². The van der Waals surface area contributed by atoms with E-state index in [4.69, 9.17) is 37.0 Å². The van der Waals surface area contributed by atoms with Gasteiger partial charge < -0.3 is 33.8 Å². The minimum Gasteiger partial charge on any atom is -0.462 e. The Morgan fingerprint density at radius 2 is 0.451 bits per heavy atom. The molecule has 0 bridgehead atoms. The highest BCUT2D eigenvalue weighted by atomic mass is 31.2. The van der Waals surface area contributed by atoms with Gasteiger partial charge in [-0.25, -0.2) is 9.13 Å². The summed E-state index contributed by atoms with van der Waals surface area (Å²) in [6, 6.07) is 0. The standard InChI is InChI=1S/C83H162O17P2/c1-7-9-11-13-15-17-19-21-23-24-25-27-33-37-43-50-56-62-68-83(88)99-78(71-93-80(85)65-59-53-47-41-35-31-29-28-30-34-39-45-51-57-63-75(3)4)73-97-101(89,90)95-69-77(84)70-96-102(91,92)98-74-79(72-94-81(86)66-60-54-48-44-38-40-46-52-58-64-76(5)6)100-82(87)67-61-55-49-42-36-32-26-22-20-18-16-14-12-10-8-2/h75-79,84H,7-74H2,1-6H3,(H,89,90)(H,91,92)/t77-,78-,79-/m1/s1. The van der Waals surface area contributed by atoms with Crippen LogP contribution < -0.4 is 0 Å². The first-order valence-electron chi connectivity index (χ1n) is 43.0. The molecule has 19 heteroatoms. The van der Waals surface area contributed by atoms with Crippen molar-refractivity contribution in [2.24, 2.45) is 11.8 Å². The zero-order chi connectivity index (χ0) is 74.9. The average molecular weight is 1490 g/mol. The summed E-state index contributed by atoms with van der Waals surface area (Å²) in [7, 11) is -9.92. The summed E-state index contributed by atoms with van der Waals surface area (Å²) in [6.45, 7) is 9.66. The van der Waals surface area contributed by atoms with Gasteiger partial charge in [-0.2, -0.15) is 0 Å². The van der Waals surface area contributed by atoms with Crippen molar-refractivity contribution >= 4 is 39.5 Å². The van der Waals surface area contributed by atoms with Crippen molar-refractivity contribution in [3.63, 3.8) is 0 Å². The van der Waals surface area contributed by atoms with Crippen molar-refractivity contribution in [1.29, 1.82) is 0 Å². The molecule has 0 aliphatic carbocycles. The Kier molecular flexibility index (Phi) is 73.1. The summed E-state index contributed by atoms with van der Waals surface area (Å²) >= 11 is 0. The smallest absolute Gasteiger partial charge is 0.462 e. The number of ether oxygens (including phenoxy) is 4. The van der Waals surface area contributed by atoms with E-state index < -0.39 is 97.5 Å². The third-order valence-electron chi connectivity index (χ3n) is 19.5. The van der Waals surface area contributed by atoms with Gasteiger partial charge in [-0.1, -0.05) is 388 Å². The molecule has 0 spiro atoms. The number of esters is 4. The molecule has 0 aromatic carbocycles. The van der Waals surface area contributed by atoms with Gasteiger partial charge in [0.15, 0.2) is 12.2 Å². The Labute approximate surface area is 626 Å². The topological polar surface area (TPSA) is 237 Å². The van der Waals surface area contributed by atoms with E-state index in [9.17, 15) is 43.2 Å². The molecule has 0 aliphatic rings. The summed E-state index contributed by atoms with van der Waals surface area (Å²) in [5.74, 6) is -0.561. The molecule has 17 nitrogen and oxygen atoms in total. The first-order valence-corrected chi connectivity index (χ1v) is 46.0. The highest BCUT2D eigenvalue weighted by molar-refractivity contribution is 7.47. The molecule has 0 saturated heterocycles. The summed E-state index contributed by atoms with van der Waals surface area (Å²) in [5, 5.41) is 10.7. The number of aliphatic hydroxyl groups excluding tert-OH is 1. The number of rotatable bonds is 82. The maximum absolute atomic E-state index is 13.1. The lowest BCUT2D eigenvalue weighted by molar-refractivity contribution is -0.161. The van der Waals surface area contributed by atoms with Gasteiger partial charge in [0, 0.05) is 25.7 Å². The van der Waals surface area contributed by atoms with Crippen LogP contribution in [0.25, 0.3) is 0 Å². The van der Waals surface area contributed by atoms with E-state index in [2.05, 4.69) is 41.5 Å². The van der Waals surface area contributed by atoms with E-state index >= 15 is 0 Å². The Bertz CT molecular complexity index is 1960. The van der Waals surface area contributed by atoms with Crippen LogP contribution >= 0.6 is 15.6 Å². The predicted octanol–water partition coefficient (Wildman–Crippen LogP) is 25.1. The number of unbranched alkanes of at least 4 members (excludes halogenated alkanes) is 52. The lowest BCUT2D eigenvalue weighted by Crippen LogP contribution is -2.30. The maximum Gasteiger partial charge on any atom is 0.472 e. The molecule has 0 amide bonds. The van der Waals surface area contributed by atoms with Gasteiger partial charge >= 0.3 is 39.5 Å². The van der Waals surface area contributed by atoms with Crippen molar-refractivity contribution in [1.82, 2.24) is 0 Å². The van der Waals surface area contributed by atoms with E-state index in [1.807, 2.05) is 0 Å². The summed E-state index contributed by atoms with van der Waals surface area (Å²) in [4.78, 5) is 73.1. The first kappa shape index (κ1) is 100. The Morgan fingerprint density at radius 1 is 0.265 bits per heavy atom. The zero-order valence-corrected chi connectivity index (χ0v) is 68.7. The number of hydrogen-bond acceptors (Lipinski definition) is 15. The molecular formula is C83H162O17P2. The monoisotopic (exact) mass is 1490 g/mol. The van der Waals surface area contributed by atoms with Crippen LogP contribution in [0.3, 0.4) is 0 Å². The number of phosphoric ester groups is 2. The van der Waals surface area contributed by atoms with E-state index in [1.165, 1.54) is 257 Å². The predicted molar refractivity (Wildman–Crippen MR) is 418 cm³/mol. The molecular weight excluding hydrogens is 1330 g/mol. The van der Waals surface area contributed by atoms with Crippen LogP contribution in [0.4, 0.5) is 0 Å². The van der Waals surface area contributed by atoms with Gasteiger partial charge in [0.05, 0.1) is 26.4 Å². The number of aliphatic hydroxyl groups is 1. The molecule has 0 fully saturated rings. The van der Waals surface area contributed by atoms with E-state index in [1.54, 1.807) is 0 Å². The maximum atomic E-state index is 13.1.